The average Bonchev–Trinajstić information content (AvgIpc) is 2.60. The molecule has 5 heteroatoms. The van der Waals surface area contributed by atoms with E-state index in [1.165, 1.54) is 11.8 Å². The van der Waals surface area contributed by atoms with Crippen LogP contribution in [0.15, 0.2) is 64.2 Å². The zero-order chi connectivity index (χ0) is 19.0. The Morgan fingerprint density at radius 3 is 2.38 bits per heavy atom. The zero-order valence-corrected chi connectivity index (χ0v) is 16.8. The maximum atomic E-state index is 11.8. The quantitative estimate of drug-likeness (QED) is 0.539. The van der Waals surface area contributed by atoms with Crippen LogP contribution in [-0.2, 0) is 10.2 Å². The molecule has 0 saturated carbocycles. The van der Waals surface area contributed by atoms with Crippen molar-refractivity contribution < 1.29 is 9.53 Å². The molecule has 0 aliphatic carbocycles. The van der Waals surface area contributed by atoms with E-state index in [1.807, 2.05) is 60.7 Å². The Kier molecular flexibility index (Phi) is 7.16. The van der Waals surface area contributed by atoms with Gasteiger partial charge >= 0.3 is 0 Å². The van der Waals surface area contributed by atoms with Crippen molar-refractivity contribution in [3.05, 3.63) is 70.2 Å². The summed E-state index contributed by atoms with van der Waals surface area (Å²) in [6.07, 6.45) is 3.44. The second-order valence-electron chi connectivity index (χ2n) is 6.80. The summed E-state index contributed by atoms with van der Waals surface area (Å²) in [5, 5.41) is 3.91. The smallest absolute Gasteiger partial charge is 0.277 e. The first-order chi connectivity index (χ1) is 12.3. The van der Waals surface area contributed by atoms with E-state index >= 15 is 0 Å². The third-order valence-corrected chi connectivity index (χ3v) is 4.01. The molecule has 2 aromatic rings. The van der Waals surface area contributed by atoms with E-state index in [4.69, 9.17) is 4.74 Å². The van der Waals surface area contributed by atoms with Gasteiger partial charge in [-0.3, -0.25) is 4.79 Å². The fourth-order valence-electron chi connectivity index (χ4n) is 2.14. The lowest BCUT2D eigenvalue weighted by atomic mass is 9.87. The number of carbonyl (C=O) groups is 1. The maximum absolute atomic E-state index is 11.8. The van der Waals surface area contributed by atoms with Crippen LogP contribution >= 0.6 is 15.9 Å². The number of rotatable bonds is 6. The van der Waals surface area contributed by atoms with Crippen LogP contribution in [0.4, 0.5) is 0 Å². The lowest BCUT2D eigenvalue weighted by Crippen LogP contribution is -2.24. The number of carbonyl (C=O) groups excluding carboxylic acids is 1. The fourth-order valence-corrected chi connectivity index (χ4v) is 2.51. The van der Waals surface area contributed by atoms with E-state index in [0.717, 1.165) is 10.0 Å². The lowest BCUT2D eigenvalue weighted by Gasteiger charge is -2.19. The van der Waals surface area contributed by atoms with Crippen LogP contribution in [0.5, 0.6) is 5.75 Å². The molecule has 1 amide bonds. The number of hydrazone groups is 1. The summed E-state index contributed by atoms with van der Waals surface area (Å²) in [7, 11) is 0. The fraction of sp³-hybridized carbons (Fsp3) is 0.238. The summed E-state index contributed by atoms with van der Waals surface area (Å²) in [4.78, 5) is 11.8. The summed E-state index contributed by atoms with van der Waals surface area (Å²) in [6, 6.07) is 17.6. The summed E-state index contributed by atoms with van der Waals surface area (Å²) in [5.74, 6) is 0.337. The molecular formula is C21H23BrN2O2. The first kappa shape index (κ1) is 19.9. The first-order valence-corrected chi connectivity index (χ1v) is 9.11. The number of allylic oxidation sites excluding steroid dienone is 1. The molecule has 136 valence electrons. The van der Waals surface area contributed by atoms with E-state index in [-0.39, 0.29) is 17.9 Å². The standard InChI is InChI=1S/C21H23BrN2O2/c1-21(2,3)17-9-11-19(12-10-17)26-15-20(25)24-23-14-18(22)13-16-7-5-4-6-8-16/h4-14H,15H2,1-3H3,(H,24,25). The van der Waals surface area contributed by atoms with Crippen LogP contribution in [0.2, 0.25) is 0 Å². The van der Waals surface area contributed by atoms with Crippen molar-refractivity contribution in [1.82, 2.24) is 5.43 Å². The number of hydrogen-bond donors (Lipinski definition) is 1. The molecule has 0 fully saturated rings. The highest BCUT2D eigenvalue weighted by Crippen LogP contribution is 2.24. The van der Waals surface area contributed by atoms with Gasteiger partial charge in [0, 0.05) is 4.48 Å². The van der Waals surface area contributed by atoms with E-state index in [2.05, 4.69) is 47.2 Å². The molecule has 0 aliphatic heterocycles. The van der Waals surface area contributed by atoms with Gasteiger partial charge in [-0.1, -0.05) is 63.2 Å². The zero-order valence-electron chi connectivity index (χ0n) is 15.2. The van der Waals surface area contributed by atoms with Crippen LogP contribution in [-0.4, -0.2) is 18.7 Å². The minimum absolute atomic E-state index is 0.0886. The van der Waals surface area contributed by atoms with Gasteiger partial charge < -0.3 is 4.74 Å². The highest BCUT2D eigenvalue weighted by Gasteiger charge is 2.13. The molecule has 0 unspecified atom stereocenters. The highest BCUT2D eigenvalue weighted by molar-refractivity contribution is 9.12. The van der Waals surface area contributed by atoms with E-state index in [9.17, 15) is 4.79 Å². The largest absolute Gasteiger partial charge is 0.484 e. The van der Waals surface area contributed by atoms with Gasteiger partial charge in [0.05, 0.1) is 6.21 Å². The Morgan fingerprint density at radius 1 is 1.12 bits per heavy atom. The molecule has 2 rings (SSSR count). The Labute approximate surface area is 163 Å². The Bertz CT molecular complexity index is 776. The summed E-state index contributed by atoms with van der Waals surface area (Å²) >= 11 is 3.39. The molecule has 0 heterocycles. The molecule has 0 saturated heterocycles. The van der Waals surface area contributed by atoms with Crippen molar-refractivity contribution in [1.29, 1.82) is 0 Å². The second-order valence-corrected chi connectivity index (χ2v) is 7.71. The normalized spacial score (nSPS) is 12.2. The number of hydrogen-bond acceptors (Lipinski definition) is 3. The minimum Gasteiger partial charge on any atom is -0.484 e. The molecule has 0 radical (unpaired) electrons. The maximum Gasteiger partial charge on any atom is 0.277 e. The van der Waals surface area contributed by atoms with Gasteiger partial charge in [0.2, 0.25) is 0 Å². The molecule has 4 nitrogen and oxygen atoms in total. The van der Waals surface area contributed by atoms with Gasteiger partial charge in [-0.2, -0.15) is 5.10 Å². The van der Waals surface area contributed by atoms with Crippen LogP contribution in [0.3, 0.4) is 0 Å². The molecule has 26 heavy (non-hydrogen) atoms. The van der Waals surface area contributed by atoms with Gasteiger partial charge in [-0.15, -0.1) is 0 Å². The van der Waals surface area contributed by atoms with Gasteiger partial charge in [0.1, 0.15) is 5.75 Å². The predicted molar refractivity (Wildman–Crippen MR) is 111 cm³/mol. The third-order valence-electron chi connectivity index (χ3n) is 3.57. The lowest BCUT2D eigenvalue weighted by molar-refractivity contribution is -0.123. The average molecular weight is 415 g/mol. The van der Waals surface area contributed by atoms with Crippen molar-refractivity contribution >= 4 is 34.1 Å². The van der Waals surface area contributed by atoms with E-state index in [1.54, 1.807) is 0 Å². The van der Waals surface area contributed by atoms with Crippen molar-refractivity contribution in [2.45, 2.75) is 26.2 Å². The van der Waals surface area contributed by atoms with Crippen LogP contribution in [0.1, 0.15) is 31.9 Å². The van der Waals surface area contributed by atoms with Gasteiger partial charge in [0.25, 0.3) is 5.91 Å². The number of amides is 1. The Hall–Kier alpha value is -2.40. The second kappa shape index (κ2) is 9.34. The monoisotopic (exact) mass is 414 g/mol. The number of benzene rings is 2. The molecule has 0 spiro atoms. The number of nitrogens with one attached hydrogen (secondary N) is 1. The molecule has 0 bridgehead atoms. The topological polar surface area (TPSA) is 50.7 Å². The SMILES string of the molecule is CC(C)(C)c1ccc(OCC(=O)NN=CC(Br)=Cc2ccccc2)cc1. The van der Waals surface area contributed by atoms with Crippen molar-refractivity contribution in [3.63, 3.8) is 0 Å². The van der Waals surface area contributed by atoms with Crippen molar-refractivity contribution in [2.75, 3.05) is 6.61 Å². The third kappa shape index (κ3) is 6.84. The van der Waals surface area contributed by atoms with Crippen LogP contribution in [0, 0.1) is 0 Å². The molecular weight excluding hydrogens is 392 g/mol. The van der Waals surface area contributed by atoms with Crippen molar-refractivity contribution in [3.8, 4) is 5.75 Å². The van der Waals surface area contributed by atoms with Crippen molar-refractivity contribution in [2.24, 2.45) is 5.10 Å². The van der Waals surface area contributed by atoms with E-state index in [0.29, 0.717) is 5.75 Å². The predicted octanol–water partition coefficient (Wildman–Crippen LogP) is 4.90. The highest BCUT2D eigenvalue weighted by atomic mass is 79.9. The molecule has 0 aromatic heterocycles. The van der Waals surface area contributed by atoms with Crippen LogP contribution in [0.25, 0.3) is 6.08 Å². The molecule has 1 N–H and O–H groups in total. The summed E-state index contributed by atoms with van der Waals surface area (Å²) in [5.41, 5.74) is 4.79. The molecule has 2 aromatic carbocycles. The van der Waals surface area contributed by atoms with Crippen LogP contribution < -0.4 is 10.2 Å². The number of nitrogens with zero attached hydrogens (tertiary/aromatic N) is 1. The minimum atomic E-state index is -0.318. The van der Waals surface area contributed by atoms with Gasteiger partial charge in [0.15, 0.2) is 6.61 Å². The van der Waals surface area contributed by atoms with Gasteiger partial charge in [-0.05, 0) is 50.7 Å². The first-order valence-electron chi connectivity index (χ1n) is 8.32. The molecule has 0 aliphatic rings. The summed E-state index contributed by atoms with van der Waals surface area (Å²) in [6.45, 7) is 6.36. The van der Waals surface area contributed by atoms with E-state index < -0.39 is 0 Å². The Balaban J connectivity index is 1.79. The molecule has 0 atom stereocenters. The summed E-state index contributed by atoms with van der Waals surface area (Å²) < 4.78 is 6.23. The number of ether oxygens (including phenoxy) is 1. The Morgan fingerprint density at radius 2 is 1.77 bits per heavy atom. The van der Waals surface area contributed by atoms with Gasteiger partial charge in [-0.25, -0.2) is 5.43 Å². The number of halogens is 1.